The number of rotatable bonds is 6. The zero-order chi connectivity index (χ0) is 18.4. The van der Waals surface area contributed by atoms with Gasteiger partial charge < -0.3 is 15.8 Å². The van der Waals surface area contributed by atoms with Crippen molar-refractivity contribution in [2.45, 2.75) is 36.0 Å². The van der Waals surface area contributed by atoms with Crippen LogP contribution in [0.3, 0.4) is 0 Å². The third-order valence-electron chi connectivity index (χ3n) is 4.78. The molecule has 1 amide bonds. The van der Waals surface area contributed by atoms with E-state index in [-0.39, 0.29) is 24.2 Å². The van der Waals surface area contributed by atoms with Gasteiger partial charge >= 0.3 is 0 Å². The van der Waals surface area contributed by atoms with E-state index in [1.807, 2.05) is 30.0 Å². The molecule has 2 atom stereocenters. The number of nitrogens with one attached hydrogen (secondary N) is 1. The van der Waals surface area contributed by atoms with Gasteiger partial charge in [-0.3, -0.25) is 4.79 Å². The van der Waals surface area contributed by atoms with Gasteiger partial charge in [0.1, 0.15) is 0 Å². The Balaban J connectivity index is 0.00000261. The molecule has 0 radical (unpaired) electrons. The summed E-state index contributed by atoms with van der Waals surface area (Å²) >= 11 is 1.82. The molecule has 0 aromatic heterocycles. The maximum atomic E-state index is 12.4. The number of carbonyl (C=O) groups is 1. The highest BCUT2D eigenvalue weighted by Gasteiger charge is 2.26. The molecule has 0 spiro atoms. The lowest BCUT2D eigenvalue weighted by Gasteiger charge is -2.26. The van der Waals surface area contributed by atoms with Gasteiger partial charge in [-0.1, -0.05) is 30.3 Å². The summed E-state index contributed by atoms with van der Waals surface area (Å²) in [6.45, 7) is 3.57. The van der Waals surface area contributed by atoms with Crippen LogP contribution in [0.4, 0.5) is 5.69 Å². The molecule has 2 aromatic rings. The highest BCUT2D eigenvalue weighted by atomic mass is 35.5. The molecule has 1 fully saturated rings. The smallest absolute Gasteiger partial charge is 0.241 e. The minimum Gasteiger partial charge on any atom is -0.381 e. The topological polar surface area (TPSA) is 64.4 Å². The zero-order valence-electron chi connectivity index (χ0n) is 15.5. The van der Waals surface area contributed by atoms with E-state index in [0.717, 1.165) is 18.5 Å². The number of thioether (sulfide) groups is 1. The maximum absolute atomic E-state index is 12.4. The molecule has 0 saturated carbocycles. The van der Waals surface area contributed by atoms with Crippen LogP contribution in [-0.4, -0.2) is 25.2 Å². The van der Waals surface area contributed by atoms with Crippen molar-refractivity contribution < 1.29 is 9.53 Å². The predicted molar refractivity (Wildman–Crippen MR) is 115 cm³/mol. The first kappa shape index (κ1) is 21.8. The molecule has 0 aliphatic carbocycles. The monoisotopic (exact) mass is 406 g/mol. The number of anilines is 1. The third kappa shape index (κ3) is 6.25. The molecule has 2 unspecified atom stereocenters. The van der Waals surface area contributed by atoms with Crippen molar-refractivity contribution in [1.82, 2.24) is 0 Å². The van der Waals surface area contributed by atoms with E-state index >= 15 is 0 Å². The highest BCUT2D eigenvalue weighted by molar-refractivity contribution is 7.99. The number of ether oxygens (including phenoxy) is 1. The number of amides is 1. The minimum atomic E-state index is -0.480. The van der Waals surface area contributed by atoms with Gasteiger partial charge in [0.2, 0.25) is 5.91 Å². The Morgan fingerprint density at radius 1 is 1.11 bits per heavy atom. The zero-order valence-corrected chi connectivity index (χ0v) is 17.1. The molecule has 6 heteroatoms. The normalized spacial score (nSPS) is 16.8. The van der Waals surface area contributed by atoms with Crippen molar-refractivity contribution in [2.75, 3.05) is 18.5 Å². The molecule has 1 saturated heterocycles. The first-order valence-electron chi connectivity index (χ1n) is 9.09. The predicted octanol–water partition coefficient (Wildman–Crippen LogP) is 4.65. The first-order chi connectivity index (χ1) is 12.6. The largest absolute Gasteiger partial charge is 0.381 e. The molecule has 146 valence electrons. The molecule has 1 aliphatic heterocycles. The van der Waals surface area contributed by atoms with Gasteiger partial charge in [-0.2, -0.15) is 0 Å². The van der Waals surface area contributed by atoms with E-state index in [1.165, 1.54) is 10.5 Å². The quantitative estimate of drug-likeness (QED) is 0.685. The first-order valence-corrected chi connectivity index (χ1v) is 9.97. The molecular formula is C21H27ClN2O2S. The van der Waals surface area contributed by atoms with Crippen molar-refractivity contribution in [3.05, 3.63) is 60.2 Å². The maximum Gasteiger partial charge on any atom is 0.241 e. The van der Waals surface area contributed by atoms with E-state index in [9.17, 15) is 4.79 Å². The fourth-order valence-electron chi connectivity index (χ4n) is 3.12. The van der Waals surface area contributed by atoms with E-state index < -0.39 is 6.04 Å². The second kappa shape index (κ2) is 10.7. The lowest BCUT2D eigenvalue weighted by atomic mass is 9.92. The average Bonchev–Trinajstić information content (AvgIpc) is 2.69. The van der Waals surface area contributed by atoms with Gasteiger partial charge in [0, 0.05) is 29.0 Å². The van der Waals surface area contributed by atoms with Crippen LogP contribution < -0.4 is 11.1 Å². The minimum absolute atomic E-state index is 0. The Morgan fingerprint density at radius 3 is 2.37 bits per heavy atom. The Kier molecular flexibility index (Phi) is 8.64. The molecule has 1 heterocycles. The van der Waals surface area contributed by atoms with E-state index in [0.29, 0.717) is 18.5 Å². The number of carbonyl (C=O) groups excluding carboxylic acids is 1. The summed E-state index contributed by atoms with van der Waals surface area (Å²) in [4.78, 5) is 13.6. The van der Waals surface area contributed by atoms with Gasteiger partial charge in [-0.15, -0.1) is 24.2 Å². The summed E-state index contributed by atoms with van der Waals surface area (Å²) in [5.74, 6) is 0.0849. The van der Waals surface area contributed by atoms with E-state index in [2.05, 4.69) is 48.6 Å². The SMILES string of the molecule is CC(Sc1ccccc1)c1ccc(NC(=O)C(N)C2CCOCC2)cc1.Cl. The molecule has 2 aromatic carbocycles. The Morgan fingerprint density at radius 2 is 1.74 bits per heavy atom. The van der Waals surface area contributed by atoms with Crippen LogP contribution in [0, 0.1) is 5.92 Å². The van der Waals surface area contributed by atoms with Crippen molar-refractivity contribution in [2.24, 2.45) is 11.7 Å². The highest BCUT2D eigenvalue weighted by Crippen LogP contribution is 2.34. The second-order valence-electron chi connectivity index (χ2n) is 6.66. The summed E-state index contributed by atoms with van der Waals surface area (Å²) in [6.07, 6.45) is 1.70. The van der Waals surface area contributed by atoms with Crippen LogP contribution in [0.25, 0.3) is 0 Å². The third-order valence-corrected chi connectivity index (χ3v) is 5.95. The lowest BCUT2D eigenvalue weighted by Crippen LogP contribution is -2.43. The van der Waals surface area contributed by atoms with Crippen LogP contribution >= 0.6 is 24.2 Å². The van der Waals surface area contributed by atoms with Gasteiger partial charge in [0.15, 0.2) is 0 Å². The average molecular weight is 407 g/mol. The number of nitrogens with two attached hydrogens (primary N) is 1. The number of benzene rings is 2. The van der Waals surface area contributed by atoms with Crippen LogP contribution in [0.5, 0.6) is 0 Å². The van der Waals surface area contributed by atoms with Crippen molar-refractivity contribution in [1.29, 1.82) is 0 Å². The van der Waals surface area contributed by atoms with Crippen LogP contribution in [-0.2, 0) is 9.53 Å². The summed E-state index contributed by atoms with van der Waals surface area (Å²) in [5.41, 5.74) is 8.15. The molecule has 0 bridgehead atoms. The van der Waals surface area contributed by atoms with Crippen molar-refractivity contribution >= 4 is 35.8 Å². The Bertz CT molecular complexity index is 706. The van der Waals surface area contributed by atoms with Crippen LogP contribution in [0.2, 0.25) is 0 Å². The van der Waals surface area contributed by atoms with Crippen molar-refractivity contribution in [3.8, 4) is 0 Å². The van der Waals surface area contributed by atoms with E-state index in [4.69, 9.17) is 10.5 Å². The van der Waals surface area contributed by atoms with E-state index in [1.54, 1.807) is 0 Å². The summed E-state index contributed by atoms with van der Waals surface area (Å²) in [7, 11) is 0. The Labute approximate surface area is 171 Å². The van der Waals surface area contributed by atoms with Crippen LogP contribution in [0.1, 0.15) is 30.6 Å². The number of hydrogen-bond donors (Lipinski definition) is 2. The van der Waals surface area contributed by atoms with Gasteiger partial charge in [-0.25, -0.2) is 0 Å². The van der Waals surface area contributed by atoms with Gasteiger partial charge in [0.25, 0.3) is 0 Å². The number of hydrogen-bond acceptors (Lipinski definition) is 4. The standard InChI is InChI=1S/C21H26N2O2S.ClH/c1-15(26-19-5-3-2-4-6-19)16-7-9-18(10-8-16)23-21(24)20(22)17-11-13-25-14-12-17;/h2-10,15,17,20H,11-14,22H2,1H3,(H,23,24);1H. The van der Waals surface area contributed by atoms with Crippen molar-refractivity contribution in [3.63, 3.8) is 0 Å². The van der Waals surface area contributed by atoms with Gasteiger partial charge in [0.05, 0.1) is 6.04 Å². The number of halogens is 1. The van der Waals surface area contributed by atoms with Crippen LogP contribution in [0.15, 0.2) is 59.5 Å². The fraction of sp³-hybridized carbons (Fsp3) is 0.381. The molecule has 4 nitrogen and oxygen atoms in total. The molecule has 3 rings (SSSR count). The fourth-order valence-corrected chi connectivity index (χ4v) is 4.14. The summed E-state index contributed by atoms with van der Waals surface area (Å²) in [6, 6.07) is 17.9. The molecule has 3 N–H and O–H groups in total. The molecular weight excluding hydrogens is 380 g/mol. The lowest BCUT2D eigenvalue weighted by molar-refractivity contribution is -0.119. The second-order valence-corrected chi connectivity index (χ2v) is 8.07. The molecule has 27 heavy (non-hydrogen) atoms. The summed E-state index contributed by atoms with van der Waals surface area (Å²) < 4.78 is 5.34. The molecule has 1 aliphatic rings. The summed E-state index contributed by atoms with van der Waals surface area (Å²) in [5, 5.41) is 3.28. The van der Waals surface area contributed by atoms with Gasteiger partial charge in [-0.05, 0) is 55.5 Å². The Hall–Kier alpha value is -1.53.